The van der Waals surface area contributed by atoms with E-state index in [9.17, 15) is 14.7 Å². The second-order valence-electron chi connectivity index (χ2n) is 7.91. The van der Waals surface area contributed by atoms with Gasteiger partial charge >= 0.3 is 5.97 Å². The van der Waals surface area contributed by atoms with Crippen LogP contribution in [0.25, 0.3) is 0 Å². The maximum atomic E-state index is 12.9. The van der Waals surface area contributed by atoms with E-state index < -0.39 is 11.9 Å². The molecule has 1 aliphatic rings. The van der Waals surface area contributed by atoms with Gasteiger partial charge in [-0.15, -0.1) is 0 Å². The fourth-order valence-corrected chi connectivity index (χ4v) is 3.46. The number of aliphatic carboxylic acids is 1. The number of amides is 1. The van der Waals surface area contributed by atoms with Gasteiger partial charge in [0.25, 0.3) is 5.91 Å². The Kier molecular flexibility index (Phi) is 5.22. The van der Waals surface area contributed by atoms with Crippen molar-refractivity contribution in [3.63, 3.8) is 0 Å². The Bertz CT molecular complexity index is 808. The van der Waals surface area contributed by atoms with Gasteiger partial charge in [0.05, 0.1) is 5.92 Å². The first-order chi connectivity index (χ1) is 12.7. The number of carboxylic acids is 1. The van der Waals surface area contributed by atoms with Crippen LogP contribution in [0.5, 0.6) is 5.75 Å². The number of hydrogen-bond donors (Lipinski definition) is 1. The van der Waals surface area contributed by atoms with E-state index in [4.69, 9.17) is 4.74 Å². The van der Waals surface area contributed by atoms with Crippen molar-refractivity contribution in [2.75, 3.05) is 13.1 Å². The molecule has 142 valence electrons. The fourth-order valence-electron chi connectivity index (χ4n) is 3.46. The van der Waals surface area contributed by atoms with Crippen LogP contribution in [0.3, 0.4) is 0 Å². The summed E-state index contributed by atoms with van der Waals surface area (Å²) >= 11 is 0. The van der Waals surface area contributed by atoms with E-state index >= 15 is 0 Å². The van der Waals surface area contributed by atoms with E-state index in [-0.39, 0.29) is 24.0 Å². The molecule has 0 spiro atoms. The number of ether oxygens (including phenoxy) is 1. The van der Waals surface area contributed by atoms with Gasteiger partial charge in [-0.05, 0) is 50.6 Å². The number of carboxylic acid groups (broad SMARTS) is 1. The van der Waals surface area contributed by atoms with Gasteiger partial charge in [0, 0.05) is 24.6 Å². The van der Waals surface area contributed by atoms with Crippen LogP contribution in [0, 0.1) is 5.92 Å². The van der Waals surface area contributed by atoms with Crippen LogP contribution < -0.4 is 4.74 Å². The molecular weight excluding hydrogens is 342 g/mol. The summed E-state index contributed by atoms with van der Waals surface area (Å²) < 4.78 is 5.78. The fraction of sp³-hybridized carbons (Fsp3) is 0.364. The maximum Gasteiger partial charge on any atom is 0.308 e. The van der Waals surface area contributed by atoms with Crippen LogP contribution in [0.1, 0.15) is 42.6 Å². The normalized spacial score (nSPS) is 19.7. The molecule has 5 heteroatoms. The summed E-state index contributed by atoms with van der Waals surface area (Å²) in [6.07, 6.45) is 0. The van der Waals surface area contributed by atoms with Crippen molar-refractivity contribution in [3.05, 3.63) is 65.7 Å². The molecule has 0 radical (unpaired) electrons. The van der Waals surface area contributed by atoms with Gasteiger partial charge in [-0.3, -0.25) is 9.59 Å². The van der Waals surface area contributed by atoms with Crippen molar-refractivity contribution in [3.8, 4) is 5.75 Å². The zero-order chi connectivity index (χ0) is 19.6. The lowest BCUT2D eigenvalue weighted by Gasteiger charge is -2.21. The number of nitrogens with zero attached hydrogens (tertiary/aromatic N) is 1. The van der Waals surface area contributed by atoms with Crippen LogP contribution in [0.4, 0.5) is 0 Å². The Morgan fingerprint density at radius 2 is 1.63 bits per heavy atom. The quantitative estimate of drug-likeness (QED) is 0.892. The van der Waals surface area contributed by atoms with E-state index in [0.29, 0.717) is 17.9 Å². The summed E-state index contributed by atoms with van der Waals surface area (Å²) in [5.41, 5.74) is 1.18. The van der Waals surface area contributed by atoms with Crippen LogP contribution in [-0.2, 0) is 4.79 Å². The molecular formula is C22H25NO4. The van der Waals surface area contributed by atoms with Crippen LogP contribution in [0.2, 0.25) is 0 Å². The summed E-state index contributed by atoms with van der Waals surface area (Å²) in [6, 6.07) is 16.6. The number of carbonyl (C=O) groups is 2. The monoisotopic (exact) mass is 367 g/mol. The molecule has 0 aromatic heterocycles. The third-order valence-corrected chi connectivity index (χ3v) is 4.68. The second kappa shape index (κ2) is 7.43. The summed E-state index contributed by atoms with van der Waals surface area (Å²) in [6.45, 7) is 6.51. The molecule has 2 unspecified atom stereocenters. The van der Waals surface area contributed by atoms with E-state index in [1.807, 2.05) is 51.1 Å². The molecule has 2 aromatic rings. The molecule has 2 aromatic carbocycles. The predicted molar refractivity (Wildman–Crippen MR) is 103 cm³/mol. The van der Waals surface area contributed by atoms with Crippen molar-refractivity contribution in [1.29, 1.82) is 0 Å². The standard InChI is InChI=1S/C22H25NO4/c1-22(2,3)27-17-11-9-16(10-12-17)20(24)23-13-18(19(14-23)21(25)26)15-7-5-4-6-8-15/h4-12,18-19H,13-14H2,1-3H3,(H,25,26). The van der Waals surface area contributed by atoms with E-state index in [0.717, 1.165) is 5.56 Å². The Balaban J connectivity index is 1.76. The lowest BCUT2D eigenvalue weighted by atomic mass is 9.89. The molecule has 1 heterocycles. The van der Waals surface area contributed by atoms with Gasteiger partial charge in [-0.2, -0.15) is 0 Å². The first-order valence-electron chi connectivity index (χ1n) is 9.11. The topological polar surface area (TPSA) is 66.8 Å². The van der Waals surface area contributed by atoms with Gasteiger partial charge in [0.2, 0.25) is 0 Å². The molecule has 0 saturated carbocycles. The molecule has 1 fully saturated rings. The molecule has 5 nitrogen and oxygen atoms in total. The van der Waals surface area contributed by atoms with Crippen LogP contribution >= 0.6 is 0 Å². The van der Waals surface area contributed by atoms with E-state index in [1.165, 1.54) is 0 Å². The molecule has 1 N–H and O–H groups in total. The summed E-state index contributed by atoms with van der Waals surface area (Å²) in [4.78, 5) is 26.2. The van der Waals surface area contributed by atoms with Gasteiger partial charge in [-0.1, -0.05) is 30.3 Å². The first-order valence-corrected chi connectivity index (χ1v) is 9.11. The summed E-state index contributed by atoms with van der Waals surface area (Å²) in [7, 11) is 0. The zero-order valence-corrected chi connectivity index (χ0v) is 15.9. The Morgan fingerprint density at radius 3 is 2.19 bits per heavy atom. The predicted octanol–water partition coefficient (Wildman–Crippen LogP) is 3.80. The van der Waals surface area contributed by atoms with Gasteiger partial charge in [0.1, 0.15) is 11.4 Å². The molecule has 1 saturated heterocycles. The highest BCUT2D eigenvalue weighted by molar-refractivity contribution is 5.95. The van der Waals surface area contributed by atoms with Gasteiger partial charge in [-0.25, -0.2) is 0 Å². The number of carbonyl (C=O) groups excluding carboxylic acids is 1. The molecule has 2 atom stereocenters. The number of benzene rings is 2. The summed E-state index contributed by atoms with van der Waals surface area (Å²) in [5, 5.41) is 9.61. The number of hydrogen-bond acceptors (Lipinski definition) is 3. The molecule has 1 aliphatic heterocycles. The summed E-state index contributed by atoms with van der Waals surface area (Å²) in [5.74, 6) is -1.11. The zero-order valence-electron chi connectivity index (χ0n) is 15.9. The molecule has 0 bridgehead atoms. The first kappa shape index (κ1) is 19.0. The highest BCUT2D eigenvalue weighted by Gasteiger charge is 2.40. The third kappa shape index (κ3) is 4.48. The minimum atomic E-state index is -0.868. The number of rotatable bonds is 4. The smallest absolute Gasteiger partial charge is 0.308 e. The van der Waals surface area contributed by atoms with Crippen molar-refractivity contribution < 1.29 is 19.4 Å². The SMILES string of the molecule is CC(C)(C)Oc1ccc(C(=O)N2CC(C(=O)O)C(c3ccccc3)C2)cc1. The minimum Gasteiger partial charge on any atom is -0.488 e. The van der Waals surface area contributed by atoms with Gasteiger partial charge in [0.15, 0.2) is 0 Å². The molecule has 0 aliphatic carbocycles. The van der Waals surface area contributed by atoms with Crippen molar-refractivity contribution in [2.45, 2.75) is 32.3 Å². The van der Waals surface area contributed by atoms with Crippen LogP contribution in [0.15, 0.2) is 54.6 Å². The Labute approximate surface area is 159 Å². The average molecular weight is 367 g/mol. The van der Waals surface area contributed by atoms with Crippen molar-refractivity contribution >= 4 is 11.9 Å². The van der Waals surface area contributed by atoms with Crippen molar-refractivity contribution in [1.82, 2.24) is 4.90 Å². The largest absolute Gasteiger partial charge is 0.488 e. The second-order valence-corrected chi connectivity index (χ2v) is 7.91. The Morgan fingerprint density at radius 1 is 1.00 bits per heavy atom. The molecule has 27 heavy (non-hydrogen) atoms. The van der Waals surface area contributed by atoms with E-state index in [1.54, 1.807) is 29.2 Å². The lowest BCUT2D eigenvalue weighted by Crippen LogP contribution is -2.30. The molecule has 3 rings (SSSR count). The lowest BCUT2D eigenvalue weighted by molar-refractivity contribution is -0.141. The van der Waals surface area contributed by atoms with Gasteiger partial charge < -0.3 is 14.7 Å². The third-order valence-electron chi connectivity index (χ3n) is 4.68. The van der Waals surface area contributed by atoms with Crippen molar-refractivity contribution in [2.24, 2.45) is 5.92 Å². The Hall–Kier alpha value is -2.82. The highest BCUT2D eigenvalue weighted by atomic mass is 16.5. The highest BCUT2D eigenvalue weighted by Crippen LogP contribution is 2.33. The maximum absolute atomic E-state index is 12.9. The van der Waals surface area contributed by atoms with E-state index in [2.05, 4.69) is 0 Å². The molecule has 1 amide bonds. The number of likely N-dealkylation sites (tertiary alicyclic amines) is 1. The average Bonchev–Trinajstić information content (AvgIpc) is 3.07. The minimum absolute atomic E-state index is 0.151. The van der Waals surface area contributed by atoms with Crippen LogP contribution in [-0.4, -0.2) is 40.6 Å².